The number of nitrogens with zero attached hydrogens (tertiary/aromatic N) is 2. The van der Waals surface area contributed by atoms with Crippen molar-refractivity contribution in [3.8, 4) is 0 Å². The fraction of sp³-hybridized carbons (Fsp3) is 0.200. The predicted octanol–water partition coefficient (Wildman–Crippen LogP) is 3.38. The topological polar surface area (TPSA) is 38.7 Å². The molecule has 0 atom stereocenters. The highest BCUT2D eigenvalue weighted by Crippen LogP contribution is 2.41. The van der Waals surface area contributed by atoms with E-state index < -0.39 is 0 Å². The lowest BCUT2D eigenvalue weighted by atomic mass is 9.93. The molecular formula is C15H17N3O. The molecule has 2 aromatic rings. The number of para-hydroxylation sites is 2. The third-order valence-corrected chi connectivity index (χ3v) is 3.55. The van der Waals surface area contributed by atoms with Crippen LogP contribution in [0.3, 0.4) is 0 Å². The SMILES string of the molecule is CC(C)(c1ccccc1)N1c2ccccc2NN1O. The van der Waals surface area contributed by atoms with Gasteiger partial charge >= 0.3 is 0 Å². The number of hydrogen-bond donors (Lipinski definition) is 2. The van der Waals surface area contributed by atoms with E-state index in [1.165, 1.54) is 0 Å². The second kappa shape index (κ2) is 4.26. The molecular weight excluding hydrogens is 238 g/mol. The molecule has 0 fully saturated rings. The molecule has 0 bridgehead atoms. The lowest BCUT2D eigenvalue weighted by Gasteiger charge is -2.39. The van der Waals surface area contributed by atoms with Crippen molar-refractivity contribution in [3.05, 3.63) is 60.2 Å². The van der Waals surface area contributed by atoms with E-state index in [-0.39, 0.29) is 5.54 Å². The molecule has 2 aromatic carbocycles. The number of benzene rings is 2. The van der Waals surface area contributed by atoms with E-state index in [2.05, 4.69) is 31.4 Å². The summed E-state index contributed by atoms with van der Waals surface area (Å²) >= 11 is 0. The standard InChI is InChI=1S/C15H17N3O/c1-15(2,12-8-4-3-5-9-12)17-14-11-7-6-10-13(14)16-18(17)19/h3-11,16,19H,1-2H3. The average Bonchev–Trinajstić information content (AvgIpc) is 2.76. The van der Waals surface area contributed by atoms with Crippen molar-refractivity contribution < 1.29 is 5.21 Å². The normalized spacial score (nSPS) is 15.2. The molecule has 4 heteroatoms. The number of rotatable bonds is 2. The first-order chi connectivity index (χ1) is 9.10. The summed E-state index contributed by atoms with van der Waals surface area (Å²) in [6, 6.07) is 18.0. The van der Waals surface area contributed by atoms with Crippen molar-refractivity contribution >= 4 is 11.4 Å². The minimum Gasteiger partial charge on any atom is -0.276 e. The molecule has 19 heavy (non-hydrogen) atoms. The van der Waals surface area contributed by atoms with Gasteiger partial charge in [0.1, 0.15) is 0 Å². The van der Waals surface area contributed by atoms with Gasteiger partial charge in [0.05, 0.1) is 16.9 Å². The molecule has 1 aliphatic heterocycles. The Hall–Kier alpha value is -2.04. The maximum absolute atomic E-state index is 10.2. The van der Waals surface area contributed by atoms with Gasteiger partial charge in [0, 0.05) is 0 Å². The van der Waals surface area contributed by atoms with Gasteiger partial charge in [-0.05, 0) is 36.8 Å². The molecule has 0 amide bonds. The van der Waals surface area contributed by atoms with Crippen LogP contribution in [-0.4, -0.2) is 10.5 Å². The van der Waals surface area contributed by atoms with Crippen LogP contribution in [0.1, 0.15) is 19.4 Å². The maximum atomic E-state index is 10.2. The van der Waals surface area contributed by atoms with E-state index in [4.69, 9.17) is 0 Å². The number of hydrogen-bond acceptors (Lipinski definition) is 4. The van der Waals surface area contributed by atoms with Crippen LogP contribution in [0.5, 0.6) is 0 Å². The molecule has 2 N–H and O–H groups in total. The number of anilines is 2. The van der Waals surface area contributed by atoms with Crippen LogP contribution in [0, 0.1) is 0 Å². The van der Waals surface area contributed by atoms with Gasteiger partial charge in [-0.25, -0.2) is 0 Å². The van der Waals surface area contributed by atoms with Crippen LogP contribution in [0.25, 0.3) is 0 Å². The fourth-order valence-electron chi connectivity index (χ4n) is 2.52. The molecule has 0 aliphatic carbocycles. The average molecular weight is 255 g/mol. The Labute approximate surface area is 112 Å². The predicted molar refractivity (Wildman–Crippen MR) is 75.6 cm³/mol. The summed E-state index contributed by atoms with van der Waals surface area (Å²) in [6.45, 7) is 4.16. The summed E-state index contributed by atoms with van der Waals surface area (Å²) in [7, 11) is 0. The number of nitrogens with one attached hydrogen (secondary N) is 1. The molecule has 0 saturated heterocycles. The third kappa shape index (κ3) is 1.85. The Morgan fingerprint density at radius 1 is 0.947 bits per heavy atom. The smallest absolute Gasteiger partial charge is 0.0819 e. The summed E-state index contributed by atoms with van der Waals surface area (Å²) in [5.74, 6) is 0. The maximum Gasteiger partial charge on any atom is 0.0819 e. The molecule has 1 heterocycles. The summed E-state index contributed by atoms with van der Waals surface area (Å²) in [6.07, 6.45) is 0. The second-order valence-electron chi connectivity index (χ2n) is 5.16. The van der Waals surface area contributed by atoms with Gasteiger partial charge in [-0.15, -0.1) is 0 Å². The number of fused-ring (bicyclic) bond motifs is 1. The first kappa shape index (κ1) is 12.0. The van der Waals surface area contributed by atoms with Gasteiger partial charge in [-0.2, -0.15) is 0 Å². The Balaban J connectivity index is 2.07. The van der Waals surface area contributed by atoms with Gasteiger partial charge < -0.3 is 0 Å². The lowest BCUT2D eigenvalue weighted by molar-refractivity contribution is -0.0882. The Morgan fingerprint density at radius 3 is 2.32 bits per heavy atom. The van der Waals surface area contributed by atoms with Crippen LogP contribution < -0.4 is 10.4 Å². The Bertz CT molecular complexity index is 583. The second-order valence-corrected chi connectivity index (χ2v) is 5.16. The van der Waals surface area contributed by atoms with E-state index in [0.29, 0.717) is 0 Å². The van der Waals surface area contributed by atoms with Crippen molar-refractivity contribution in [2.45, 2.75) is 19.4 Å². The summed E-state index contributed by atoms with van der Waals surface area (Å²) < 4.78 is 0. The minimum absolute atomic E-state index is 0.365. The zero-order valence-corrected chi connectivity index (χ0v) is 11.0. The minimum atomic E-state index is -0.365. The van der Waals surface area contributed by atoms with Crippen LogP contribution >= 0.6 is 0 Å². The highest BCUT2D eigenvalue weighted by Gasteiger charge is 2.38. The molecule has 0 aromatic heterocycles. The van der Waals surface area contributed by atoms with Crippen molar-refractivity contribution in [2.24, 2.45) is 0 Å². The van der Waals surface area contributed by atoms with Gasteiger partial charge in [0.25, 0.3) is 0 Å². The Kier molecular flexibility index (Phi) is 2.69. The first-order valence-electron chi connectivity index (χ1n) is 6.31. The molecule has 0 spiro atoms. The highest BCUT2D eigenvalue weighted by molar-refractivity contribution is 5.73. The van der Waals surface area contributed by atoms with E-state index in [0.717, 1.165) is 22.2 Å². The number of hydrazine groups is 2. The van der Waals surface area contributed by atoms with Gasteiger partial charge in [-0.3, -0.25) is 15.6 Å². The van der Waals surface area contributed by atoms with Gasteiger partial charge in [0.15, 0.2) is 0 Å². The largest absolute Gasteiger partial charge is 0.276 e. The van der Waals surface area contributed by atoms with E-state index in [9.17, 15) is 5.21 Å². The third-order valence-electron chi connectivity index (χ3n) is 3.55. The van der Waals surface area contributed by atoms with Crippen molar-refractivity contribution in [3.63, 3.8) is 0 Å². The first-order valence-corrected chi connectivity index (χ1v) is 6.31. The van der Waals surface area contributed by atoms with Gasteiger partial charge in [-0.1, -0.05) is 42.5 Å². The van der Waals surface area contributed by atoms with Crippen molar-refractivity contribution in [1.29, 1.82) is 0 Å². The van der Waals surface area contributed by atoms with Crippen molar-refractivity contribution in [2.75, 3.05) is 10.4 Å². The quantitative estimate of drug-likeness (QED) is 0.863. The molecule has 0 unspecified atom stereocenters. The molecule has 3 rings (SSSR count). The van der Waals surface area contributed by atoms with Crippen LogP contribution in [-0.2, 0) is 5.54 Å². The molecule has 4 nitrogen and oxygen atoms in total. The van der Waals surface area contributed by atoms with Gasteiger partial charge in [0.2, 0.25) is 0 Å². The fourth-order valence-corrected chi connectivity index (χ4v) is 2.52. The van der Waals surface area contributed by atoms with Crippen LogP contribution in [0.2, 0.25) is 0 Å². The summed E-state index contributed by atoms with van der Waals surface area (Å²) in [5.41, 5.74) is 5.56. The zero-order valence-electron chi connectivity index (χ0n) is 11.0. The van der Waals surface area contributed by atoms with Crippen LogP contribution in [0.4, 0.5) is 11.4 Å². The van der Waals surface area contributed by atoms with E-state index in [1.807, 2.05) is 47.5 Å². The molecule has 98 valence electrons. The molecule has 0 radical (unpaired) electrons. The van der Waals surface area contributed by atoms with E-state index in [1.54, 1.807) is 0 Å². The highest BCUT2D eigenvalue weighted by atomic mass is 16.6. The summed E-state index contributed by atoms with van der Waals surface area (Å²) in [5, 5.41) is 13.1. The molecule has 0 saturated carbocycles. The van der Waals surface area contributed by atoms with Crippen LogP contribution in [0.15, 0.2) is 54.6 Å². The van der Waals surface area contributed by atoms with Crippen molar-refractivity contribution in [1.82, 2.24) is 5.28 Å². The summed E-state index contributed by atoms with van der Waals surface area (Å²) in [4.78, 5) is 0. The Morgan fingerprint density at radius 2 is 1.58 bits per heavy atom. The molecule has 1 aliphatic rings. The monoisotopic (exact) mass is 255 g/mol. The van der Waals surface area contributed by atoms with E-state index >= 15 is 0 Å². The lowest BCUT2D eigenvalue weighted by Crippen LogP contribution is -2.50. The zero-order chi connectivity index (χ0) is 13.5.